The van der Waals surface area contributed by atoms with E-state index in [0.29, 0.717) is 6.54 Å². The molecule has 1 aromatic carbocycles. The minimum Gasteiger partial charge on any atom is -0.357 e. The SMILES string of the molecule is CCNC(=NCc1ccc(F)cc1)NCC(C)(C)SC.I. The fourth-order valence-electron chi connectivity index (χ4n) is 1.47. The van der Waals surface area contributed by atoms with E-state index in [2.05, 4.69) is 35.7 Å². The second-order valence-corrected chi connectivity index (χ2v) is 6.65. The van der Waals surface area contributed by atoms with Crippen molar-refractivity contribution in [1.82, 2.24) is 10.6 Å². The van der Waals surface area contributed by atoms with Gasteiger partial charge in [-0.15, -0.1) is 24.0 Å². The summed E-state index contributed by atoms with van der Waals surface area (Å²) in [5, 5.41) is 6.55. The second kappa shape index (κ2) is 10.3. The van der Waals surface area contributed by atoms with Gasteiger partial charge >= 0.3 is 0 Å². The van der Waals surface area contributed by atoms with E-state index < -0.39 is 0 Å². The summed E-state index contributed by atoms with van der Waals surface area (Å²) in [6.45, 7) is 8.60. The van der Waals surface area contributed by atoms with Gasteiger partial charge in [-0.1, -0.05) is 12.1 Å². The van der Waals surface area contributed by atoms with Crippen LogP contribution in [-0.2, 0) is 6.54 Å². The smallest absolute Gasteiger partial charge is 0.191 e. The van der Waals surface area contributed by atoms with Crippen LogP contribution < -0.4 is 10.6 Å². The lowest BCUT2D eigenvalue weighted by atomic mass is 10.2. The molecule has 6 heteroatoms. The Hall–Kier alpha value is -0.500. The van der Waals surface area contributed by atoms with Gasteiger partial charge in [-0.2, -0.15) is 11.8 Å². The number of benzene rings is 1. The summed E-state index contributed by atoms with van der Waals surface area (Å²) in [5.41, 5.74) is 0.993. The molecule has 0 unspecified atom stereocenters. The summed E-state index contributed by atoms with van der Waals surface area (Å²) < 4.78 is 13.0. The Labute approximate surface area is 148 Å². The Kier molecular flexibility index (Phi) is 10.0. The number of thioether (sulfide) groups is 1. The summed E-state index contributed by atoms with van der Waals surface area (Å²) in [6, 6.07) is 6.44. The van der Waals surface area contributed by atoms with Gasteiger partial charge < -0.3 is 10.6 Å². The maximum atomic E-state index is 12.8. The molecule has 0 aliphatic heterocycles. The zero-order chi connectivity index (χ0) is 15.0. The molecular weight excluding hydrogens is 400 g/mol. The van der Waals surface area contributed by atoms with Crippen LogP contribution in [0.5, 0.6) is 0 Å². The lowest BCUT2D eigenvalue weighted by molar-refractivity contribution is 0.627. The Morgan fingerprint density at radius 1 is 1.24 bits per heavy atom. The topological polar surface area (TPSA) is 36.4 Å². The molecule has 0 atom stereocenters. The molecule has 1 aromatic rings. The number of aliphatic imine (C=N–C) groups is 1. The largest absolute Gasteiger partial charge is 0.357 e. The van der Waals surface area contributed by atoms with Crippen LogP contribution in [0.2, 0.25) is 0 Å². The normalized spacial score (nSPS) is 11.8. The zero-order valence-electron chi connectivity index (χ0n) is 13.1. The fourth-order valence-corrected chi connectivity index (χ4v) is 1.69. The first kappa shape index (κ1) is 20.5. The van der Waals surface area contributed by atoms with Crippen molar-refractivity contribution < 1.29 is 4.39 Å². The predicted octanol–water partition coefficient (Wildman–Crippen LogP) is 3.64. The monoisotopic (exact) mass is 425 g/mol. The molecule has 0 radical (unpaired) electrons. The highest BCUT2D eigenvalue weighted by Crippen LogP contribution is 2.19. The molecule has 0 aliphatic carbocycles. The predicted molar refractivity (Wildman–Crippen MR) is 102 cm³/mol. The lowest BCUT2D eigenvalue weighted by Crippen LogP contribution is -2.43. The fraction of sp³-hybridized carbons (Fsp3) is 0.533. The number of nitrogens with one attached hydrogen (secondary N) is 2. The summed E-state index contributed by atoms with van der Waals surface area (Å²) in [6.07, 6.45) is 2.10. The Balaban J connectivity index is 0.00000400. The quantitative estimate of drug-likeness (QED) is 0.415. The third-order valence-corrected chi connectivity index (χ3v) is 4.16. The lowest BCUT2D eigenvalue weighted by Gasteiger charge is -2.23. The zero-order valence-corrected chi connectivity index (χ0v) is 16.2. The van der Waals surface area contributed by atoms with Gasteiger partial charge in [0.1, 0.15) is 5.82 Å². The molecule has 0 fully saturated rings. The number of nitrogens with zero attached hydrogens (tertiary/aromatic N) is 1. The highest BCUT2D eigenvalue weighted by atomic mass is 127. The maximum absolute atomic E-state index is 12.8. The maximum Gasteiger partial charge on any atom is 0.191 e. The van der Waals surface area contributed by atoms with E-state index in [4.69, 9.17) is 0 Å². The molecule has 0 heterocycles. The highest BCUT2D eigenvalue weighted by Gasteiger charge is 2.15. The van der Waals surface area contributed by atoms with E-state index in [-0.39, 0.29) is 34.5 Å². The Morgan fingerprint density at radius 3 is 2.38 bits per heavy atom. The van der Waals surface area contributed by atoms with Gasteiger partial charge in [0.05, 0.1) is 6.54 Å². The second-order valence-electron chi connectivity index (χ2n) is 5.14. The van der Waals surface area contributed by atoms with Crippen molar-refractivity contribution in [2.45, 2.75) is 32.1 Å². The van der Waals surface area contributed by atoms with E-state index >= 15 is 0 Å². The van der Waals surface area contributed by atoms with Crippen LogP contribution in [0.3, 0.4) is 0 Å². The first-order valence-electron chi connectivity index (χ1n) is 6.78. The van der Waals surface area contributed by atoms with Crippen LogP contribution in [0.15, 0.2) is 29.3 Å². The van der Waals surface area contributed by atoms with E-state index in [0.717, 1.165) is 24.6 Å². The van der Waals surface area contributed by atoms with E-state index in [1.54, 1.807) is 12.1 Å². The molecule has 0 bridgehead atoms. The van der Waals surface area contributed by atoms with Crippen LogP contribution in [0.1, 0.15) is 26.3 Å². The van der Waals surface area contributed by atoms with Crippen LogP contribution in [0, 0.1) is 5.82 Å². The van der Waals surface area contributed by atoms with Gasteiger partial charge in [0.25, 0.3) is 0 Å². The van der Waals surface area contributed by atoms with Gasteiger partial charge in [0.2, 0.25) is 0 Å². The average molecular weight is 425 g/mol. The van der Waals surface area contributed by atoms with Crippen LogP contribution >= 0.6 is 35.7 Å². The summed E-state index contributed by atoms with van der Waals surface area (Å²) in [7, 11) is 0. The van der Waals surface area contributed by atoms with Crippen molar-refractivity contribution in [2.75, 3.05) is 19.3 Å². The van der Waals surface area contributed by atoms with Gasteiger partial charge in [0, 0.05) is 17.8 Å². The van der Waals surface area contributed by atoms with E-state index in [1.807, 2.05) is 18.7 Å². The molecular formula is C15H25FIN3S. The van der Waals surface area contributed by atoms with Gasteiger partial charge in [-0.25, -0.2) is 9.38 Å². The van der Waals surface area contributed by atoms with Gasteiger partial charge in [-0.05, 0) is 44.7 Å². The standard InChI is InChI=1S/C15H24FN3S.HI/c1-5-17-14(19-11-15(2,3)20-4)18-10-12-6-8-13(16)9-7-12;/h6-9H,5,10-11H2,1-4H3,(H2,17,18,19);1H. The van der Waals surface area contributed by atoms with Crippen LogP contribution in [-0.4, -0.2) is 30.1 Å². The molecule has 120 valence electrons. The summed E-state index contributed by atoms with van der Waals surface area (Å²) in [5.74, 6) is 0.573. The molecule has 0 aromatic heterocycles. The molecule has 0 spiro atoms. The molecule has 2 N–H and O–H groups in total. The third-order valence-electron chi connectivity index (χ3n) is 2.91. The molecule has 0 saturated carbocycles. The molecule has 3 nitrogen and oxygen atoms in total. The van der Waals surface area contributed by atoms with Crippen molar-refractivity contribution in [3.63, 3.8) is 0 Å². The first-order valence-corrected chi connectivity index (χ1v) is 8.01. The van der Waals surface area contributed by atoms with E-state index in [1.165, 1.54) is 12.1 Å². The number of hydrogen-bond donors (Lipinski definition) is 2. The average Bonchev–Trinajstić information content (AvgIpc) is 2.44. The molecule has 0 saturated heterocycles. The van der Waals surface area contributed by atoms with Crippen molar-refractivity contribution in [3.8, 4) is 0 Å². The molecule has 0 amide bonds. The summed E-state index contributed by atoms with van der Waals surface area (Å²) >= 11 is 1.82. The number of hydrogen-bond acceptors (Lipinski definition) is 2. The Morgan fingerprint density at radius 2 is 1.86 bits per heavy atom. The minimum atomic E-state index is -0.218. The van der Waals surface area contributed by atoms with Crippen LogP contribution in [0.25, 0.3) is 0 Å². The first-order chi connectivity index (χ1) is 9.46. The number of halogens is 2. The van der Waals surface area contributed by atoms with E-state index in [9.17, 15) is 4.39 Å². The van der Waals surface area contributed by atoms with Crippen molar-refractivity contribution in [1.29, 1.82) is 0 Å². The Bertz CT molecular complexity index is 435. The molecule has 21 heavy (non-hydrogen) atoms. The molecule has 1 rings (SSSR count). The number of rotatable bonds is 6. The third kappa shape index (κ3) is 8.50. The van der Waals surface area contributed by atoms with Gasteiger partial charge in [0.15, 0.2) is 5.96 Å². The van der Waals surface area contributed by atoms with Gasteiger partial charge in [-0.3, -0.25) is 0 Å². The van der Waals surface area contributed by atoms with Crippen molar-refractivity contribution in [3.05, 3.63) is 35.6 Å². The summed E-state index contributed by atoms with van der Waals surface area (Å²) in [4.78, 5) is 4.51. The highest BCUT2D eigenvalue weighted by molar-refractivity contribution is 14.0. The van der Waals surface area contributed by atoms with Crippen LogP contribution in [0.4, 0.5) is 4.39 Å². The molecule has 0 aliphatic rings. The van der Waals surface area contributed by atoms with Crippen molar-refractivity contribution in [2.24, 2.45) is 4.99 Å². The van der Waals surface area contributed by atoms with Crippen molar-refractivity contribution >= 4 is 41.7 Å². The number of guanidine groups is 1. The minimum absolute atomic E-state index is 0.